The first-order valence-electron chi connectivity index (χ1n) is 9.57. The number of hydrogen-bond donors (Lipinski definition) is 0. The van der Waals surface area contributed by atoms with Gasteiger partial charge in [0.1, 0.15) is 0 Å². The summed E-state index contributed by atoms with van der Waals surface area (Å²) in [6, 6.07) is 0.536. The van der Waals surface area contributed by atoms with Crippen molar-refractivity contribution in [1.29, 1.82) is 0 Å². The van der Waals surface area contributed by atoms with E-state index >= 15 is 0 Å². The standard InChI is InChI=1S/C19H31N2O5P/c1-12(2)21(13(3)4)27(24-7)25-11-10-20-16(22)14-15(17(20)23)19(6)9-8-18(14,5)26-19/h8-9,12-15H,10-11H2,1-7H3/t14-,15+,18-,19+,27?. The average Bonchev–Trinajstić information content (AvgIpc) is 3.11. The Hall–Kier alpha value is -0.850. The van der Waals surface area contributed by atoms with Crippen LogP contribution in [0.1, 0.15) is 41.5 Å². The number of nitrogens with zero attached hydrogens (tertiary/aromatic N) is 2. The van der Waals surface area contributed by atoms with Gasteiger partial charge < -0.3 is 13.8 Å². The molecule has 0 radical (unpaired) electrons. The minimum absolute atomic E-state index is 0.157. The smallest absolute Gasteiger partial charge is 0.258 e. The second-order valence-electron chi connectivity index (χ2n) is 8.41. The van der Waals surface area contributed by atoms with Gasteiger partial charge in [0.25, 0.3) is 8.53 Å². The lowest BCUT2D eigenvalue weighted by Crippen LogP contribution is -2.41. The summed E-state index contributed by atoms with van der Waals surface area (Å²) in [6.45, 7) is 12.6. The minimum atomic E-state index is -1.24. The molecule has 3 rings (SSSR count). The van der Waals surface area contributed by atoms with E-state index in [1.165, 1.54) is 4.90 Å². The Morgan fingerprint density at radius 3 is 2.00 bits per heavy atom. The zero-order valence-electron chi connectivity index (χ0n) is 17.3. The largest absolute Gasteiger partial charge is 0.359 e. The van der Waals surface area contributed by atoms with Crippen LogP contribution >= 0.6 is 8.53 Å². The van der Waals surface area contributed by atoms with Crippen LogP contribution in [-0.2, 0) is 23.4 Å². The number of fused-ring (bicyclic) bond motifs is 5. The molecule has 2 saturated heterocycles. The van der Waals surface area contributed by atoms with E-state index in [0.717, 1.165) is 0 Å². The van der Waals surface area contributed by atoms with Crippen LogP contribution in [-0.4, -0.2) is 64.9 Å². The van der Waals surface area contributed by atoms with Crippen molar-refractivity contribution in [3.05, 3.63) is 12.2 Å². The van der Waals surface area contributed by atoms with Gasteiger partial charge in [0.15, 0.2) is 0 Å². The summed E-state index contributed by atoms with van der Waals surface area (Å²) in [5.41, 5.74) is -1.37. The Morgan fingerprint density at radius 2 is 1.59 bits per heavy atom. The molecule has 152 valence electrons. The van der Waals surface area contributed by atoms with Crippen molar-refractivity contribution in [1.82, 2.24) is 9.57 Å². The highest BCUT2D eigenvalue weighted by molar-refractivity contribution is 7.44. The number of imide groups is 1. The predicted octanol–water partition coefficient (Wildman–Crippen LogP) is 2.71. The highest BCUT2D eigenvalue weighted by Crippen LogP contribution is 2.57. The molecule has 0 aromatic heterocycles. The lowest BCUT2D eigenvalue weighted by molar-refractivity contribution is -0.146. The van der Waals surface area contributed by atoms with Crippen LogP contribution in [0, 0.1) is 11.8 Å². The molecule has 8 heteroatoms. The molecule has 2 bridgehead atoms. The molecule has 3 heterocycles. The Balaban J connectivity index is 1.64. The van der Waals surface area contributed by atoms with Crippen LogP contribution in [0.25, 0.3) is 0 Å². The van der Waals surface area contributed by atoms with E-state index < -0.39 is 31.6 Å². The van der Waals surface area contributed by atoms with Gasteiger partial charge in [-0.1, -0.05) is 12.2 Å². The third-order valence-corrected chi connectivity index (χ3v) is 7.75. The summed E-state index contributed by atoms with van der Waals surface area (Å²) < 4.78 is 19.7. The SMILES string of the molecule is COP(OCCN1C(=O)[C@@H]2[C@H](C1=O)[C@@]1(C)C=C[C@]2(C)O1)N(C(C)C)C(C)C. The summed E-state index contributed by atoms with van der Waals surface area (Å²) in [5, 5.41) is 0. The van der Waals surface area contributed by atoms with Crippen LogP contribution in [0.4, 0.5) is 0 Å². The molecule has 27 heavy (non-hydrogen) atoms. The topological polar surface area (TPSA) is 68.3 Å². The van der Waals surface area contributed by atoms with E-state index in [1.54, 1.807) is 7.11 Å². The first-order valence-corrected chi connectivity index (χ1v) is 10.7. The van der Waals surface area contributed by atoms with E-state index in [4.69, 9.17) is 13.8 Å². The second kappa shape index (κ2) is 7.20. The van der Waals surface area contributed by atoms with Gasteiger partial charge in [-0.2, -0.15) is 0 Å². The molecular formula is C19H31N2O5P. The van der Waals surface area contributed by atoms with Gasteiger partial charge in [-0.25, -0.2) is 4.67 Å². The fourth-order valence-corrected chi connectivity index (χ4v) is 6.13. The zero-order valence-corrected chi connectivity index (χ0v) is 18.2. The Labute approximate surface area is 163 Å². The van der Waals surface area contributed by atoms with Crippen molar-refractivity contribution < 1.29 is 23.4 Å². The number of carbonyl (C=O) groups is 2. The van der Waals surface area contributed by atoms with Gasteiger partial charge >= 0.3 is 0 Å². The molecule has 0 saturated carbocycles. The lowest BCUT2D eigenvalue weighted by Gasteiger charge is -2.35. The summed E-state index contributed by atoms with van der Waals surface area (Å²) in [6.07, 6.45) is 3.85. The number of likely N-dealkylation sites (tertiary alicyclic amines) is 1. The Morgan fingerprint density at radius 1 is 1.11 bits per heavy atom. The molecule has 5 atom stereocenters. The molecule has 7 nitrogen and oxygen atoms in total. The summed E-state index contributed by atoms with van der Waals surface area (Å²) in [7, 11) is 0.387. The molecule has 3 aliphatic rings. The zero-order chi connectivity index (χ0) is 20.1. The quantitative estimate of drug-likeness (QED) is 0.356. The molecular weight excluding hydrogens is 367 g/mol. The maximum Gasteiger partial charge on any atom is 0.258 e. The molecule has 3 aliphatic heterocycles. The van der Waals surface area contributed by atoms with Gasteiger partial charge in [-0.15, -0.1) is 0 Å². The number of carbonyl (C=O) groups excluding carboxylic acids is 2. The van der Waals surface area contributed by atoms with Crippen molar-refractivity contribution >= 4 is 20.3 Å². The monoisotopic (exact) mass is 398 g/mol. The van der Waals surface area contributed by atoms with E-state index in [1.807, 2.05) is 26.0 Å². The summed E-state index contributed by atoms with van der Waals surface area (Å²) in [4.78, 5) is 27.2. The molecule has 0 aromatic rings. The molecule has 0 spiro atoms. The van der Waals surface area contributed by atoms with Crippen LogP contribution < -0.4 is 0 Å². The maximum absolute atomic E-state index is 12.9. The van der Waals surface area contributed by atoms with Crippen molar-refractivity contribution in [2.45, 2.75) is 64.8 Å². The van der Waals surface area contributed by atoms with Crippen molar-refractivity contribution in [3.8, 4) is 0 Å². The second-order valence-corrected chi connectivity index (χ2v) is 9.97. The summed E-state index contributed by atoms with van der Waals surface area (Å²) >= 11 is 0. The van der Waals surface area contributed by atoms with E-state index in [0.29, 0.717) is 0 Å². The average molecular weight is 398 g/mol. The van der Waals surface area contributed by atoms with Gasteiger partial charge in [0, 0.05) is 19.2 Å². The lowest BCUT2D eigenvalue weighted by atomic mass is 9.73. The maximum atomic E-state index is 12.9. The minimum Gasteiger partial charge on any atom is -0.359 e. The van der Waals surface area contributed by atoms with Gasteiger partial charge in [0.2, 0.25) is 11.8 Å². The van der Waals surface area contributed by atoms with Crippen molar-refractivity contribution in [2.24, 2.45) is 11.8 Å². The van der Waals surface area contributed by atoms with Crippen LogP contribution in [0.5, 0.6) is 0 Å². The molecule has 2 amide bonds. The number of hydrogen-bond acceptors (Lipinski definition) is 6. The third-order valence-electron chi connectivity index (χ3n) is 5.74. The first kappa shape index (κ1) is 20.9. The van der Waals surface area contributed by atoms with E-state index in [9.17, 15) is 9.59 Å². The molecule has 0 aliphatic carbocycles. The number of ether oxygens (including phenoxy) is 1. The van der Waals surface area contributed by atoms with Crippen molar-refractivity contribution in [2.75, 3.05) is 20.3 Å². The molecule has 0 N–H and O–H groups in total. The highest BCUT2D eigenvalue weighted by atomic mass is 31.2. The highest BCUT2D eigenvalue weighted by Gasteiger charge is 2.70. The predicted molar refractivity (Wildman–Crippen MR) is 103 cm³/mol. The number of amides is 2. The van der Waals surface area contributed by atoms with Crippen LogP contribution in [0.3, 0.4) is 0 Å². The fourth-order valence-electron chi connectivity index (χ4n) is 4.71. The Bertz CT molecular complexity index is 610. The van der Waals surface area contributed by atoms with E-state index in [2.05, 4.69) is 32.4 Å². The van der Waals surface area contributed by atoms with Gasteiger partial charge in [-0.05, 0) is 41.5 Å². The molecule has 0 aromatic carbocycles. The third kappa shape index (κ3) is 3.28. The summed E-state index contributed by atoms with van der Waals surface area (Å²) in [5.74, 6) is -1.19. The van der Waals surface area contributed by atoms with E-state index in [-0.39, 0.29) is 37.0 Å². The first-order chi connectivity index (χ1) is 12.6. The van der Waals surface area contributed by atoms with Crippen molar-refractivity contribution in [3.63, 3.8) is 0 Å². The number of rotatable bonds is 8. The molecule has 2 fully saturated rings. The Kier molecular flexibility index (Phi) is 5.56. The van der Waals surface area contributed by atoms with Gasteiger partial charge in [-0.3, -0.25) is 14.5 Å². The normalized spacial score (nSPS) is 36.0. The van der Waals surface area contributed by atoms with Gasteiger partial charge in [0.05, 0.1) is 36.2 Å². The fraction of sp³-hybridized carbons (Fsp3) is 0.789. The van der Waals surface area contributed by atoms with Crippen LogP contribution in [0.15, 0.2) is 12.2 Å². The van der Waals surface area contributed by atoms with Crippen LogP contribution in [0.2, 0.25) is 0 Å². The molecule has 1 unspecified atom stereocenters.